The van der Waals surface area contributed by atoms with Crippen molar-refractivity contribution in [3.05, 3.63) is 60.2 Å². The first-order valence-electron chi connectivity index (χ1n) is 8.76. The maximum atomic E-state index is 10.8. The fourth-order valence-electron chi connectivity index (χ4n) is 2.59. The van der Waals surface area contributed by atoms with E-state index in [2.05, 4.69) is 21.7 Å². The molecule has 6 nitrogen and oxygen atoms in total. The zero-order valence-corrected chi connectivity index (χ0v) is 15.9. The molecule has 0 bridgehead atoms. The molecule has 0 aliphatic carbocycles. The van der Waals surface area contributed by atoms with Gasteiger partial charge >= 0.3 is 5.97 Å². The number of nitrogens with zero attached hydrogens (tertiary/aromatic N) is 3. The molecule has 1 N–H and O–H groups in total. The molecule has 140 valence electrons. The second-order valence-corrected chi connectivity index (χ2v) is 6.86. The maximum Gasteiger partial charge on any atom is 0.335 e. The van der Waals surface area contributed by atoms with Crippen LogP contribution in [0.3, 0.4) is 0 Å². The molecule has 0 radical (unpaired) electrons. The average Bonchev–Trinajstić information content (AvgIpc) is 3.11. The second kappa shape index (κ2) is 9.23. The first-order valence-corrected chi connectivity index (χ1v) is 9.75. The molecule has 0 saturated heterocycles. The third-order valence-electron chi connectivity index (χ3n) is 3.95. The fraction of sp³-hybridized carbons (Fsp3) is 0.250. The number of aromatic nitrogens is 3. The summed E-state index contributed by atoms with van der Waals surface area (Å²) in [6.07, 6.45) is 0.850. The molecular formula is C20H21N3O3S. The smallest absolute Gasteiger partial charge is 0.335 e. The van der Waals surface area contributed by atoms with Crippen LogP contribution in [0.25, 0.3) is 11.4 Å². The Hall–Kier alpha value is -2.80. The highest BCUT2D eigenvalue weighted by atomic mass is 32.2. The first-order chi connectivity index (χ1) is 13.2. The number of ether oxygens (including phenoxy) is 1. The Morgan fingerprint density at radius 1 is 1.11 bits per heavy atom. The topological polar surface area (TPSA) is 77.2 Å². The van der Waals surface area contributed by atoms with E-state index in [9.17, 15) is 4.79 Å². The Balaban J connectivity index is 1.49. The molecule has 3 aromatic rings. The predicted molar refractivity (Wildman–Crippen MR) is 105 cm³/mol. The second-order valence-electron chi connectivity index (χ2n) is 5.80. The summed E-state index contributed by atoms with van der Waals surface area (Å²) >= 11 is 1.66. The van der Waals surface area contributed by atoms with Gasteiger partial charge in [-0.25, -0.2) is 4.79 Å². The van der Waals surface area contributed by atoms with Crippen molar-refractivity contribution in [3.63, 3.8) is 0 Å². The van der Waals surface area contributed by atoms with Crippen LogP contribution < -0.4 is 4.74 Å². The zero-order valence-electron chi connectivity index (χ0n) is 15.0. The molecule has 0 saturated carbocycles. The summed E-state index contributed by atoms with van der Waals surface area (Å²) in [6, 6.07) is 16.5. The van der Waals surface area contributed by atoms with E-state index in [1.165, 1.54) is 0 Å². The molecular weight excluding hydrogens is 362 g/mol. The van der Waals surface area contributed by atoms with Gasteiger partial charge in [0, 0.05) is 17.9 Å². The molecule has 1 heterocycles. The van der Waals surface area contributed by atoms with Gasteiger partial charge in [-0.05, 0) is 37.6 Å². The van der Waals surface area contributed by atoms with Gasteiger partial charge in [-0.1, -0.05) is 42.1 Å². The Morgan fingerprint density at radius 2 is 1.85 bits per heavy atom. The van der Waals surface area contributed by atoms with Crippen molar-refractivity contribution in [2.24, 2.45) is 0 Å². The number of aromatic carboxylic acids is 1. The molecule has 0 aliphatic heterocycles. The van der Waals surface area contributed by atoms with Gasteiger partial charge in [-0.15, -0.1) is 10.2 Å². The van der Waals surface area contributed by atoms with Crippen molar-refractivity contribution in [1.29, 1.82) is 0 Å². The van der Waals surface area contributed by atoms with Gasteiger partial charge in [-0.2, -0.15) is 0 Å². The highest BCUT2D eigenvalue weighted by Gasteiger charge is 2.12. The summed E-state index contributed by atoms with van der Waals surface area (Å²) in [5.41, 5.74) is 1.32. The molecule has 1 aromatic heterocycles. The van der Waals surface area contributed by atoms with E-state index < -0.39 is 5.97 Å². The Kier molecular flexibility index (Phi) is 6.49. The predicted octanol–water partition coefficient (Wildman–Crippen LogP) is 4.22. The summed E-state index contributed by atoms with van der Waals surface area (Å²) in [4.78, 5) is 10.8. The van der Waals surface area contributed by atoms with Crippen molar-refractivity contribution < 1.29 is 14.6 Å². The van der Waals surface area contributed by atoms with Crippen LogP contribution in [0.5, 0.6) is 5.75 Å². The van der Waals surface area contributed by atoms with Gasteiger partial charge in [0.1, 0.15) is 5.75 Å². The van der Waals surface area contributed by atoms with Crippen LogP contribution in [0.1, 0.15) is 23.7 Å². The van der Waals surface area contributed by atoms with Gasteiger partial charge in [0.2, 0.25) is 0 Å². The van der Waals surface area contributed by atoms with E-state index in [-0.39, 0.29) is 5.56 Å². The summed E-state index contributed by atoms with van der Waals surface area (Å²) < 4.78 is 7.78. The van der Waals surface area contributed by atoms with Crippen molar-refractivity contribution in [1.82, 2.24) is 14.8 Å². The van der Waals surface area contributed by atoms with Gasteiger partial charge in [0.15, 0.2) is 11.0 Å². The fourth-order valence-corrected chi connectivity index (χ4v) is 3.50. The standard InChI is InChI=1S/C20H21N3O3S/c1-2-23-18(15-7-4-3-5-8-15)21-22-20(23)27-14-6-13-26-17-11-9-16(10-12-17)19(24)25/h3-5,7-12H,2,6,13-14H2,1H3,(H,24,25). The lowest BCUT2D eigenvalue weighted by molar-refractivity contribution is 0.0697. The minimum atomic E-state index is -0.937. The van der Waals surface area contributed by atoms with Gasteiger partial charge in [0.05, 0.1) is 12.2 Å². The quantitative estimate of drug-likeness (QED) is 0.440. The molecule has 0 aliphatic rings. The number of carbonyl (C=O) groups is 1. The van der Waals surface area contributed by atoms with Crippen molar-refractivity contribution in [3.8, 4) is 17.1 Å². The Morgan fingerprint density at radius 3 is 2.52 bits per heavy atom. The van der Waals surface area contributed by atoms with Crippen LogP contribution in [0.15, 0.2) is 59.8 Å². The lowest BCUT2D eigenvalue weighted by Gasteiger charge is -2.08. The van der Waals surface area contributed by atoms with Crippen LogP contribution in [0.4, 0.5) is 0 Å². The van der Waals surface area contributed by atoms with E-state index in [1.54, 1.807) is 36.0 Å². The molecule has 3 rings (SSSR count). The van der Waals surface area contributed by atoms with Crippen LogP contribution >= 0.6 is 11.8 Å². The molecule has 0 unspecified atom stereocenters. The number of rotatable bonds is 9. The molecule has 27 heavy (non-hydrogen) atoms. The van der Waals surface area contributed by atoms with Crippen molar-refractivity contribution in [2.45, 2.75) is 25.0 Å². The van der Waals surface area contributed by atoms with E-state index in [0.29, 0.717) is 12.4 Å². The normalized spacial score (nSPS) is 10.7. The zero-order chi connectivity index (χ0) is 19.1. The van der Waals surface area contributed by atoms with Crippen LogP contribution in [-0.4, -0.2) is 38.2 Å². The third kappa shape index (κ3) is 4.89. The third-order valence-corrected chi connectivity index (χ3v) is 5.01. The number of carboxylic acid groups (broad SMARTS) is 1. The number of benzene rings is 2. The van der Waals surface area contributed by atoms with E-state index in [0.717, 1.165) is 35.3 Å². The van der Waals surface area contributed by atoms with Gasteiger partial charge in [-0.3, -0.25) is 0 Å². The number of carboxylic acids is 1. The van der Waals surface area contributed by atoms with E-state index in [1.807, 2.05) is 30.3 Å². The SMILES string of the molecule is CCn1c(SCCCOc2ccc(C(=O)O)cc2)nnc1-c1ccccc1. The Labute approximate surface area is 162 Å². The number of thioether (sulfide) groups is 1. The average molecular weight is 383 g/mol. The molecule has 0 atom stereocenters. The van der Waals surface area contributed by atoms with Crippen LogP contribution in [0.2, 0.25) is 0 Å². The highest BCUT2D eigenvalue weighted by molar-refractivity contribution is 7.99. The molecule has 7 heteroatoms. The van der Waals surface area contributed by atoms with E-state index in [4.69, 9.17) is 9.84 Å². The summed E-state index contributed by atoms with van der Waals surface area (Å²) in [6.45, 7) is 3.46. The van der Waals surface area contributed by atoms with Crippen LogP contribution in [-0.2, 0) is 6.54 Å². The van der Waals surface area contributed by atoms with Gasteiger partial charge in [0.25, 0.3) is 0 Å². The summed E-state index contributed by atoms with van der Waals surface area (Å²) in [5.74, 6) is 1.48. The maximum absolute atomic E-state index is 10.8. The highest BCUT2D eigenvalue weighted by Crippen LogP contribution is 2.24. The number of hydrogen-bond acceptors (Lipinski definition) is 5. The first kappa shape index (κ1) is 19.0. The minimum absolute atomic E-state index is 0.256. The minimum Gasteiger partial charge on any atom is -0.494 e. The van der Waals surface area contributed by atoms with Crippen molar-refractivity contribution >= 4 is 17.7 Å². The lowest BCUT2D eigenvalue weighted by Crippen LogP contribution is -2.02. The molecule has 0 spiro atoms. The largest absolute Gasteiger partial charge is 0.494 e. The molecule has 0 fully saturated rings. The Bertz CT molecular complexity index is 879. The summed E-state index contributed by atoms with van der Waals surface area (Å²) in [7, 11) is 0. The summed E-state index contributed by atoms with van der Waals surface area (Å²) in [5, 5.41) is 18.5. The van der Waals surface area contributed by atoms with E-state index >= 15 is 0 Å². The van der Waals surface area contributed by atoms with Crippen LogP contribution in [0, 0.1) is 0 Å². The number of hydrogen-bond donors (Lipinski definition) is 1. The molecule has 0 amide bonds. The lowest BCUT2D eigenvalue weighted by atomic mass is 10.2. The van der Waals surface area contributed by atoms with Crippen molar-refractivity contribution in [2.75, 3.05) is 12.4 Å². The monoisotopic (exact) mass is 383 g/mol. The molecule has 2 aromatic carbocycles. The van der Waals surface area contributed by atoms with Gasteiger partial charge < -0.3 is 14.4 Å².